The minimum absolute atomic E-state index is 0. The zero-order chi connectivity index (χ0) is 16.3. The lowest BCUT2D eigenvalue weighted by Crippen LogP contribution is -2.26. The van der Waals surface area contributed by atoms with Gasteiger partial charge < -0.3 is 10.5 Å². The van der Waals surface area contributed by atoms with Crippen LogP contribution in [0.2, 0.25) is 0 Å². The third-order valence-corrected chi connectivity index (χ3v) is 4.04. The molecule has 0 aliphatic heterocycles. The SMILES string of the molecule is CCC(N)Cc1cc(C(C)(C)CC(C)(C)C)ccc1OC.Cl. The molecule has 0 radical (unpaired) electrons. The number of nitrogens with two attached hydrogens (primary N) is 1. The highest BCUT2D eigenvalue weighted by molar-refractivity contribution is 5.85. The molecule has 3 heteroatoms. The molecule has 0 amide bonds. The molecule has 0 spiro atoms. The van der Waals surface area contributed by atoms with Crippen molar-refractivity contribution in [2.24, 2.45) is 11.1 Å². The van der Waals surface area contributed by atoms with Crippen LogP contribution >= 0.6 is 12.4 Å². The number of benzene rings is 1. The number of rotatable bonds is 6. The van der Waals surface area contributed by atoms with E-state index in [0.29, 0.717) is 5.41 Å². The summed E-state index contributed by atoms with van der Waals surface area (Å²) in [5.74, 6) is 0.953. The van der Waals surface area contributed by atoms with E-state index in [1.54, 1.807) is 7.11 Å². The average molecular weight is 328 g/mol. The average Bonchev–Trinajstić information content (AvgIpc) is 2.35. The van der Waals surface area contributed by atoms with Crippen molar-refractivity contribution in [2.45, 2.75) is 72.3 Å². The summed E-state index contributed by atoms with van der Waals surface area (Å²) in [5, 5.41) is 0. The maximum atomic E-state index is 6.13. The molecule has 1 atom stereocenters. The quantitative estimate of drug-likeness (QED) is 0.787. The predicted molar refractivity (Wildman–Crippen MR) is 99.3 cm³/mol. The van der Waals surface area contributed by atoms with Gasteiger partial charge in [-0.1, -0.05) is 53.7 Å². The summed E-state index contributed by atoms with van der Waals surface area (Å²) in [6, 6.07) is 6.78. The molecule has 0 aromatic heterocycles. The van der Waals surface area contributed by atoms with Gasteiger partial charge in [0.2, 0.25) is 0 Å². The zero-order valence-electron chi connectivity index (χ0n) is 15.3. The molecule has 0 aliphatic rings. The fourth-order valence-electron chi connectivity index (χ4n) is 3.21. The van der Waals surface area contributed by atoms with E-state index >= 15 is 0 Å². The Kier molecular flexibility index (Phi) is 7.94. The molecule has 0 heterocycles. The topological polar surface area (TPSA) is 35.2 Å². The summed E-state index contributed by atoms with van der Waals surface area (Å²) >= 11 is 0. The fraction of sp³-hybridized carbons (Fsp3) is 0.684. The fourth-order valence-corrected chi connectivity index (χ4v) is 3.21. The first kappa shape index (κ1) is 21.3. The first-order valence-corrected chi connectivity index (χ1v) is 8.02. The van der Waals surface area contributed by atoms with Crippen molar-refractivity contribution in [1.29, 1.82) is 0 Å². The Labute approximate surface area is 143 Å². The molecule has 0 fully saturated rings. The highest BCUT2D eigenvalue weighted by Gasteiger charge is 2.28. The van der Waals surface area contributed by atoms with Gasteiger partial charge in [-0.2, -0.15) is 0 Å². The van der Waals surface area contributed by atoms with Crippen LogP contribution in [-0.4, -0.2) is 13.2 Å². The maximum Gasteiger partial charge on any atom is 0.122 e. The second kappa shape index (κ2) is 8.21. The Morgan fingerprint density at radius 1 is 1.14 bits per heavy atom. The van der Waals surface area contributed by atoms with E-state index in [9.17, 15) is 0 Å². The molecule has 0 saturated carbocycles. The molecule has 2 N–H and O–H groups in total. The molecule has 128 valence electrons. The zero-order valence-corrected chi connectivity index (χ0v) is 16.1. The van der Waals surface area contributed by atoms with Gasteiger partial charge in [0.15, 0.2) is 0 Å². The smallest absolute Gasteiger partial charge is 0.122 e. The Morgan fingerprint density at radius 2 is 1.73 bits per heavy atom. The molecule has 1 unspecified atom stereocenters. The van der Waals surface area contributed by atoms with Gasteiger partial charge >= 0.3 is 0 Å². The highest BCUT2D eigenvalue weighted by Crippen LogP contribution is 2.37. The Hall–Kier alpha value is -0.730. The van der Waals surface area contributed by atoms with E-state index in [2.05, 4.69) is 59.7 Å². The second-order valence-corrected chi connectivity index (χ2v) is 8.02. The largest absolute Gasteiger partial charge is 0.496 e. The maximum absolute atomic E-state index is 6.13. The normalized spacial score (nSPS) is 13.5. The van der Waals surface area contributed by atoms with Crippen LogP contribution in [-0.2, 0) is 11.8 Å². The van der Waals surface area contributed by atoms with E-state index in [1.807, 2.05) is 0 Å². The molecule has 1 aromatic rings. The van der Waals surface area contributed by atoms with Crippen molar-refractivity contribution >= 4 is 12.4 Å². The van der Waals surface area contributed by atoms with Crippen LogP contribution in [0, 0.1) is 5.41 Å². The molecular formula is C19H34ClNO. The predicted octanol–water partition coefficient (Wildman–Crippen LogP) is 5.11. The summed E-state index contributed by atoms with van der Waals surface area (Å²) in [5.41, 5.74) is 9.19. The van der Waals surface area contributed by atoms with Crippen LogP contribution < -0.4 is 10.5 Å². The van der Waals surface area contributed by atoms with E-state index in [-0.39, 0.29) is 23.9 Å². The summed E-state index contributed by atoms with van der Waals surface area (Å²) in [7, 11) is 1.73. The monoisotopic (exact) mass is 327 g/mol. The highest BCUT2D eigenvalue weighted by atomic mass is 35.5. The Balaban J connectivity index is 0.00000441. The standard InChI is InChI=1S/C19H33NO.ClH/c1-8-16(20)12-14-11-15(9-10-17(14)21-7)19(5,6)13-18(2,3)4;/h9-11,16H,8,12-13,20H2,1-7H3;1H. The van der Waals surface area contributed by atoms with Gasteiger partial charge in [0.1, 0.15) is 5.75 Å². The van der Waals surface area contributed by atoms with Crippen molar-refractivity contribution in [2.75, 3.05) is 7.11 Å². The summed E-state index contributed by atoms with van der Waals surface area (Å²) in [6.07, 6.45) is 3.00. The van der Waals surface area contributed by atoms with Gasteiger partial charge in [-0.05, 0) is 47.3 Å². The third-order valence-electron chi connectivity index (χ3n) is 4.04. The van der Waals surface area contributed by atoms with Crippen LogP contribution in [0.5, 0.6) is 5.75 Å². The van der Waals surface area contributed by atoms with Crippen LogP contribution in [0.1, 0.15) is 65.5 Å². The second-order valence-electron chi connectivity index (χ2n) is 8.02. The van der Waals surface area contributed by atoms with Crippen molar-refractivity contribution in [3.63, 3.8) is 0 Å². The third kappa shape index (κ3) is 6.18. The van der Waals surface area contributed by atoms with Gasteiger partial charge in [0.05, 0.1) is 7.11 Å². The van der Waals surface area contributed by atoms with Crippen LogP contribution in [0.3, 0.4) is 0 Å². The summed E-state index contributed by atoms with van der Waals surface area (Å²) in [6.45, 7) is 13.7. The van der Waals surface area contributed by atoms with E-state index in [1.165, 1.54) is 11.1 Å². The van der Waals surface area contributed by atoms with Crippen molar-refractivity contribution in [3.05, 3.63) is 29.3 Å². The lowest BCUT2D eigenvalue weighted by atomic mass is 9.72. The van der Waals surface area contributed by atoms with Gasteiger partial charge in [0.25, 0.3) is 0 Å². The Bertz CT molecular complexity index is 463. The van der Waals surface area contributed by atoms with Gasteiger partial charge in [0, 0.05) is 6.04 Å². The number of methoxy groups -OCH3 is 1. The van der Waals surface area contributed by atoms with Crippen LogP contribution in [0.25, 0.3) is 0 Å². The number of halogens is 1. The van der Waals surface area contributed by atoms with Gasteiger partial charge in [-0.25, -0.2) is 0 Å². The number of hydrogen-bond acceptors (Lipinski definition) is 2. The Morgan fingerprint density at radius 3 is 2.18 bits per heavy atom. The van der Waals surface area contributed by atoms with E-state index in [0.717, 1.165) is 25.0 Å². The lowest BCUT2D eigenvalue weighted by Gasteiger charge is -2.33. The molecule has 2 nitrogen and oxygen atoms in total. The molecule has 1 aromatic carbocycles. The summed E-state index contributed by atoms with van der Waals surface area (Å²) < 4.78 is 5.50. The molecule has 1 rings (SSSR count). The number of ether oxygens (including phenoxy) is 1. The molecule has 22 heavy (non-hydrogen) atoms. The van der Waals surface area contributed by atoms with E-state index in [4.69, 9.17) is 10.5 Å². The van der Waals surface area contributed by atoms with Gasteiger partial charge in [-0.3, -0.25) is 0 Å². The van der Waals surface area contributed by atoms with E-state index < -0.39 is 0 Å². The van der Waals surface area contributed by atoms with Crippen LogP contribution in [0.4, 0.5) is 0 Å². The molecule has 0 bridgehead atoms. The number of hydrogen-bond donors (Lipinski definition) is 1. The first-order chi connectivity index (χ1) is 9.59. The molecular weight excluding hydrogens is 294 g/mol. The van der Waals surface area contributed by atoms with Crippen molar-refractivity contribution in [1.82, 2.24) is 0 Å². The summed E-state index contributed by atoms with van der Waals surface area (Å²) in [4.78, 5) is 0. The van der Waals surface area contributed by atoms with Crippen molar-refractivity contribution in [3.8, 4) is 5.75 Å². The molecule has 0 saturated heterocycles. The lowest BCUT2D eigenvalue weighted by molar-refractivity contribution is 0.283. The van der Waals surface area contributed by atoms with Gasteiger partial charge in [-0.15, -0.1) is 12.4 Å². The van der Waals surface area contributed by atoms with Crippen molar-refractivity contribution < 1.29 is 4.74 Å². The minimum atomic E-state index is 0. The van der Waals surface area contributed by atoms with Crippen LogP contribution in [0.15, 0.2) is 18.2 Å². The minimum Gasteiger partial charge on any atom is -0.496 e. The molecule has 0 aliphatic carbocycles. The first-order valence-electron chi connectivity index (χ1n) is 8.02.